The second-order valence-electron chi connectivity index (χ2n) is 7.60. The van der Waals surface area contributed by atoms with Gasteiger partial charge in [0.15, 0.2) is 5.79 Å². The number of halogens is 1. The van der Waals surface area contributed by atoms with E-state index in [0.29, 0.717) is 11.1 Å². The molecule has 3 heterocycles. The Bertz CT molecular complexity index is 848. The van der Waals surface area contributed by atoms with Gasteiger partial charge >= 0.3 is 0 Å². The minimum absolute atomic E-state index is 0.00345. The summed E-state index contributed by atoms with van der Waals surface area (Å²) in [7, 11) is 0. The number of rotatable bonds is 2. The summed E-state index contributed by atoms with van der Waals surface area (Å²) in [5.74, 6) is -0.120. The van der Waals surface area contributed by atoms with Crippen molar-refractivity contribution < 1.29 is 9.47 Å². The molecule has 0 amide bonds. The third-order valence-electron chi connectivity index (χ3n) is 6.15. The quantitative estimate of drug-likeness (QED) is 0.614. The van der Waals surface area contributed by atoms with Gasteiger partial charge in [0.05, 0.1) is 17.5 Å². The Balaban J connectivity index is 1.67. The van der Waals surface area contributed by atoms with Crippen LogP contribution in [0.3, 0.4) is 0 Å². The third-order valence-corrected chi connectivity index (χ3v) is 6.45. The molecular weight excluding hydrogens is 326 g/mol. The highest BCUT2D eigenvalue weighted by Gasteiger charge is 2.69. The first kappa shape index (κ1) is 14.9. The fourth-order valence-corrected chi connectivity index (χ4v) is 5.26. The summed E-state index contributed by atoms with van der Waals surface area (Å²) in [5.41, 5.74) is 0.857. The fourth-order valence-electron chi connectivity index (χ4n) is 5.07. The Morgan fingerprint density at radius 1 is 1.38 bits per heavy atom. The molecule has 2 aliphatic carbocycles. The summed E-state index contributed by atoms with van der Waals surface area (Å²) in [4.78, 5) is 8.56. The highest BCUT2D eigenvalue weighted by atomic mass is 35.5. The topological polar surface area (TPSA) is 49.2 Å². The minimum Gasteiger partial charge on any atom is -0.344 e. The zero-order valence-electron chi connectivity index (χ0n) is 13.8. The number of hydrogen-bond donors (Lipinski definition) is 0. The maximum atomic E-state index is 6.33. The van der Waals surface area contributed by atoms with E-state index in [-0.39, 0.29) is 23.7 Å². The van der Waals surface area contributed by atoms with Gasteiger partial charge in [-0.1, -0.05) is 17.7 Å². The molecule has 0 radical (unpaired) electrons. The summed E-state index contributed by atoms with van der Waals surface area (Å²) >= 11 is 6.23. The molecule has 0 bridgehead atoms. The summed E-state index contributed by atoms with van der Waals surface area (Å²) in [5, 5.41) is 1.37. The SMILES string of the molecule is C=C[C@@]12CC[C@@H]1[C@@H](n1ccc3c(Cl)ncnc31)[C@@H]1OC(C)(C)O[C@@H]12. The van der Waals surface area contributed by atoms with Crippen LogP contribution in [0, 0.1) is 11.3 Å². The van der Waals surface area contributed by atoms with Crippen molar-refractivity contribution in [2.75, 3.05) is 0 Å². The molecule has 3 aliphatic rings. The van der Waals surface area contributed by atoms with Crippen molar-refractivity contribution in [3.63, 3.8) is 0 Å². The first-order valence-corrected chi connectivity index (χ1v) is 8.81. The van der Waals surface area contributed by atoms with E-state index in [0.717, 1.165) is 23.9 Å². The van der Waals surface area contributed by atoms with Crippen LogP contribution in [0.1, 0.15) is 32.7 Å². The molecule has 2 aromatic heterocycles. The van der Waals surface area contributed by atoms with Crippen LogP contribution in [-0.2, 0) is 9.47 Å². The lowest BCUT2D eigenvalue weighted by Crippen LogP contribution is -2.45. The number of aromatic nitrogens is 3. The largest absolute Gasteiger partial charge is 0.344 e. The molecular formula is C18H20ClN3O2. The molecule has 5 nitrogen and oxygen atoms in total. The van der Waals surface area contributed by atoms with Gasteiger partial charge in [0.2, 0.25) is 0 Å². The van der Waals surface area contributed by atoms with Crippen LogP contribution in [-0.4, -0.2) is 32.5 Å². The predicted octanol–water partition coefficient (Wildman–Crippen LogP) is 3.74. The number of ether oxygens (including phenoxy) is 2. The van der Waals surface area contributed by atoms with Crippen LogP contribution >= 0.6 is 11.6 Å². The Morgan fingerprint density at radius 3 is 2.92 bits per heavy atom. The molecule has 0 unspecified atom stereocenters. The molecule has 126 valence electrons. The molecule has 24 heavy (non-hydrogen) atoms. The van der Waals surface area contributed by atoms with Gasteiger partial charge in [0, 0.05) is 11.6 Å². The zero-order chi connectivity index (χ0) is 16.7. The second-order valence-corrected chi connectivity index (χ2v) is 7.96. The van der Waals surface area contributed by atoms with Gasteiger partial charge in [0.25, 0.3) is 0 Å². The summed E-state index contributed by atoms with van der Waals surface area (Å²) in [6, 6.07) is 2.16. The first-order chi connectivity index (χ1) is 11.5. The van der Waals surface area contributed by atoms with Crippen molar-refractivity contribution in [1.82, 2.24) is 14.5 Å². The minimum atomic E-state index is -0.570. The van der Waals surface area contributed by atoms with Gasteiger partial charge in [-0.2, -0.15) is 0 Å². The van der Waals surface area contributed by atoms with E-state index in [1.807, 2.05) is 19.9 Å². The molecule has 2 saturated carbocycles. The van der Waals surface area contributed by atoms with Gasteiger partial charge in [0.1, 0.15) is 23.2 Å². The fraction of sp³-hybridized carbons (Fsp3) is 0.556. The monoisotopic (exact) mass is 345 g/mol. The molecule has 5 atom stereocenters. The number of nitrogens with zero attached hydrogens (tertiary/aromatic N) is 3. The Hall–Kier alpha value is -1.43. The Morgan fingerprint density at radius 2 is 2.21 bits per heavy atom. The zero-order valence-corrected chi connectivity index (χ0v) is 14.5. The van der Waals surface area contributed by atoms with E-state index in [2.05, 4.69) is 33.4 Å². The normalized spacial score (nSPS) is 39.5. The van der Waals surface area contributed by atoms with Crippen LogP contribution in [0.25, 0.3) is 11.0 Å². The smallest absolute Gasteiger partial charge is 0.163 e. The van der Waals surface area contributed by atoms with Crippen molar-refractivity contribution >= 4 is 22.6 Å². The van der Waals surface area contributed by atoms with Crippen LogP contribution in [0.15, 0.2) is 31.2 Å². The lowest BCUT2D eigenvalue weighted by atomic mass is 9.60. The lowest BCUT2D eigenvalue weighted by molar-refractivity contribution is -0.183. The van der Waals surface area contributed by atoms with E-state index in [9.17, 15) is 0 Å². The highest BCUT2D eigenvalue weighted by molar-refractivity contribution is 6.33. The molecule has 1 aliphatic heterocycles. The van der Waals surface area contributed by atoms with Crippen molar-refractivity contribution in [2.45, 2.75) is 50.7 Å². The number of fused-ring (bicyclic) bond motifs is 4. The van der Waals surface area contributed by atoms with Crippen molar-refractivity contribution in [3.05, 3.63) is 36.4 Å². The summed E-state index contributed by atoms with van der Waals surface area (Å²) < 4.78 is 14.8. The molecule has 0 aromatic carbocycles. The Kier molecular flexibility index (Phi) is 2.85. The molecule has 0 N–H and O–H groups in total. The van der Waals surface area contributed by atoms with Gasteiger partial charge < -0.3 is 14.0 Å². The average molecular weight is 346 g/mol. The second kappa shape index (κ2) is 4.59. The standard InChI is InChI=1S/C18H20ClN3O2/c1-4-18-7-5-11(18)12(13-14(18)24-17(2,3)23-13)22-8-6-10-15(19)20-9-21-16(10)22/h4,6,8-9,11-14H,1,5,7H2,2-3H3/t11-,12-,13+,14+,18-/m1/s1. The van der Waals surface area contributed by atoms with Gasteiger partial charge in [-0.05, 0) is 38.7 Å². The predicted molar refractivity (Wildman–Crippen MR) is 90.8 cm³/mol. The third kappa shape index (κ3) is 1.68. The maximum Gasteiger partial charge on any atom is 0.163 e. The maximum absolute atomic E-state index is 6.33. The van der Waals surface area contributed by atoms with E-state index in [4.69, 9.17) is 21.1 Å². The molecule has 0 spiro atoms. The van der Waals surface area contributed by atoms with Crippen LogP contribution in [0.5, 0.6) is 0 Å². The highest BCUT2D eigenvalue weighted by Crippen LogP contribution is 2.66. The molecule has 6 heteroatoms. The average Bonchev–Trinajstić information content (AvgIpc) is 3.10. The van der Waals surface area contributed by atoms with Crippen molar-refractivity contribution in [3.8, 4) is 0 Å². The Labute approximate surface area is 145 Å². The van der Waals surface area contributed by atoms with E-state index >= 15 is 0 Å². The van der Waals surface area contributed by atoms with Crippen LogP contribution in [0.4, 0.5) is 0 Å². The van der Waals surface area contributed by atoms with Crippen LogP contribution < -0.4 is 0 Å². The summed E-state index contributed by atoms with van der Waals surface area (Å²) in [6.07, 6.45) is 7.96. The molecule has 2 aromatic rings. The van der Waals surface area contributed by atoms with Crippen molar-refractivity contribution in [1.29, 1.82) is 0 Å². The lowest BCUT2D eigenvalue weighted by Gasteiger charge is -2.47. The van der Waals surface area contributed by atoms with Crippen molar-refractivity contribution in [2.24, 2.45) is 11.3 Å². The van der Waals surface area contributed by atoms with E-state index < -0.39 is 5.79 Å². The van der Waals surface area contributed by atoms with E-state index in [1.54, 1.807) is 0 Å². The first-order valence-electron chi connectivity index (χ1n) is 8.43. The molecule has 3 fully saturated rings. The van der Waals surface area contributed by atoms with E-state index in [1.165, 1.54) is 6.33 Å². The van der Waals surface area contributed by atoms with Gasteiger partial charge in [-0.15, -0.1) is 6.58 Å². The molecule has 5 rings (SSSR count). The van der Waals surface area contributed by atoms with Gasteiger partial charge in [-0.25, -0.2) is 9.97 Å². The van der Waals surface area contributed by atoms with Gasteiger partial charge in [-0.3, -0.25) is 0 Å². The number of hydrogen-bond acceptors (Lipinski definition) is 4. The van der Waals surface area contributed by atoms with Crippen LogP contribution in [0.2, 0.25) is 5.15 Å². The summed E-state index contributed by atoms with van der Waals surface area (Å²) in [6.45, 7) is 8.10. The molecule has 1 saturated heterocycles.